The molecule has 0 saturated carbocycles. The molecule has 0 spiro atoms. The molecule has 0 bridgehead atoms. The van der Waals surface area contributed by atoms with Crippen LogP contribution < -0.4 is 10.5 Å². The van der Waals surface area contributed by atoms with Gasteiger partial charge >= 0.3 is 0 Å². The summed E-state index contributed by atoms with van der Waals surface area (Å²) in [5.74, 6) is 1.24. The molecule has 0 aliphatic carbocycles. The minimum absolute atomic E-state index is 0.188. The minimum atomic E-state index is -0.188. The van der Waals surface area contributed by atoms with Gasteiger partial charge in [-0.25, -0.2) is 24.9 Å². The number of anilines is 1. The Morgan fingerprint density at radius 2 is 1.84 bits per heavy atom. The van der Waals surface area contributed by atoms with Gasteiger partial charge < -0.3 is 15.5 Å². The molecule has 6 aromatic heterocycles. The molecule has 1 atom stereocenters. The van der Waals surface area contributed by atoms with Crippen molar-refractivity contribution in [1.29, 1.82) is 0 Å². The zero-order chi connectivity index (χ0) is 25.4. The Labute approximate surface area is 210 Å². The van der Waals surface area contributed by atoms with Gasteiger partial charge in [0.1, 0.15) is 17.0 Å². The Balaban J connectivity index is 1.47. The molecule has 12 heteroatoms. The summed E-state index contributed by atoms with van der Waals surface area (Å²) in [4.78, 5) is 25.8. The van der Waals surface area contributed by atoms with Crippen LogP contribution in [0.3, 0.4) is 0 Å². The fourth-order valence-electron chi connectivity index (χ4n) is 4.50. The van der Waals surface area contributed by atoms with Crippen molar-refractivity contribution < 1.29 is 4.74 Å². The van der Waals surface area contributed by atoms with E-state index in [4.69, 9.17) is 15.5 Å². The molecule has 12 nitrogen and oxygen atoms in total. The third-order valence-corrected chi connectivity index (χ3v) is 6.27. The van der Waals surface area contributed by atoms with Gasteiger partial charge in [0.15, 0.2) is 17.1 Å². The van der Waals surface area contributed by atoms with Crippen LogP contribution in [0.2, 0.25) is 0 Å². The smallest absolute Gasteiger partial charge is 0.217 e. The van der Waals surface area contributed by atoms with Crippen LogP contribution in [0, 0.1) is 0 Å². The lowest BCUT2D eigenvalue weighted by Gasteiger charge is -2.19. The van der Waals surface area contributed by atoms with E-state index in [-0.39, 0.29) is 5.92 Å². The van der Waals surface area contributed by atoms with E-state index in [1.54, 1.807) is 38.2 Å². The van der Waals surface area contributed by atoms with Crippen LogP contribution in [0.25, 0.3) is 44.6 Å². The number of nitrogen functional groups attached to an aromatic ring is 1. The van der Waals surface area contributed by atoms with Gasteiger partial charge in [0.2, 0.25) is 5.88 Å². The standard InChI is InChI=1S/C25H23N11O/c1-3-4-16(23-33-21(26)20-24(34-23)30-12-29-20)17-7-14(10-28-25(17)37-2)15-8-18-19(13-5-6-31-32-11-13)35-36-22(18)27-9-15/h5-12,16H,3-4H2,1-2H3,(H,27,35,36)(H3,26,29,30,33,34). The van der Waals surface area contributed by atoms with E-state index in [0.29, 0.717) is 34.3 Å². The van der Waals surface area contributed by atoms with E-state index >= 15 is 0 Å². The molecule has 0 aromatic carbocycles. The van der Waals surface area contributed by atoms with Crippen LogP contribution in [0.5, 0.6) is 5.88 Å². The Morgan fingerprint density at radius 3 is 2.65 bits per heavy atom. The van der Waals surface area contributed by atoms with E-state index in [1.165, 1.54) is 0 Å². The predicted molar refractivity (Wildman–Crippen MR) is 138 cm³/mol. The molecule has 4 N–H and O–H groups in total. The maximum Gasteiger partial charge on any atom is 0.217 e. The summed E-state index contributed by atoms with van der Waals surface area (Å²) in [6.07, 6.45) is 10.1. The number of rotatable bonds is 7. The fourth-order valence-corrected chi connectivity index (χ4v) is 4.50. The third kappa shape index (κ3) is 3.97. The van der Waals surface area contributed by atoms with Gasteiger partial charge in [0.25, 0.3) is 0 Å². The maximum atomic E-state index is 6.20. The van der Waals surface area contributed by atoms with E-state index < -0.39 is 0 Å². The number of imidazole rings is 1. The molecular formula is C25H23N11O. The second kappa shape index (κ2) is 9.22. The van der Waals surface area contributed by atoms with Crippen LogP contribution in [0.4, 0.5) is 5.82 Å². The summed E-state index contributed by atoms with van der Waals surface area (Å²) in [7, 11) is 1.61. The summed E-state index contributed by atoms with van der Waals surface area (Å²) >= 11 is 0. The molecule has 0 amide bonds. The second-order valence-corrected chi connectivity index (χ2v) is 8.55. The van der Waals surface area contributed by atoms with E-state index in [9.17, 15) is 0 Å². The fraction of sp³-hybridized carbons (Fsp3) is 0.200. The highest BCUT2D eigenvalue weighted by atomic mass is 16.5. The third-order valence-electron chi connectivity index (χ3n) is 6.27. The monoisotopic (exact) mass is 493 g/mol. The number of nitrogens with two attached hydrogens (primary N) is 1. The van der Waals surface area contributed by atoms with Crippen LogP contribution in [-0.4, -0.2) is 57.4 Å². The van der Waals surface area contributed by atoms with Crippen LogP contribution in [0.1, 0.15) is 37.1 Å². The van der Waals surface area contributed by atoms with E-state index in [2.05, 4.69) is 58.3 Å². The SMILES string of the molecule is CCCC(c1nc(N)c2nc[nH]c2n1)c1cc(-c2cnc3[nH]nc(-c4ccnnc4)c3c2)cnc1OC. The lowest BCUT2D eigenvalue weighted by molar-refractivity contribution is 0.388. The summed E-state index contributed by atoms with van der Waals surface area (Å²) in [5.41, 5.74) is 12.3. The normalized spacial score (nSPS) is 12.3. The number of aromatic amines is 2. The Bertz CT molecular complexity index is 1710. The van der Waals surface area contributed by atoms with Gasteiger partial charge in [-0.05, 0) is 24.6 Å². The van der Waals surface area contributed by atoms with Crippen molar-refractivity contribution in [2.75, 3.05) is 12.8 Å². The van der Waals surface area contributed by atoms with Crippen molar-refractivity contribution in [1.82, 2.24) is 50.3 Å². The molecule has 6 rings (SSSR count). The van der Waals surface area contributed by atoms with Crippen molar-refractivity contribution in [2.24, 2.45) is 0 Å². The van der Waals surface area contributed by atoms with Crippen molar-refractivity contribution in [3.8, 4) is 28.3 Å². The molecule has 0 saturated heterocycles. The molecule has 0 fully saturated rings. The number of nitrogens with zero attached hydrogens (tertiary/aromatic N) is 8. The number of hydrogen-bond acceptors (Lipinski definition) is 10. The number of ether oxygens (including phenoxy) is 1. The topological polar surface area (TPSA) is 170 Å². The van der Waals surface area contributed by atoms with Crippen molar-refractivity contribution >= 4 is 28.0 Å². The second-order valence-electron chi connectivity index (χ2n) is 8.55. The average Bonchev–Trinajstić information content (AvgIpc) is 3.59. The highest BCUT2D eigenvalue weighted by molar-refractivity contribution is 5.93. The number of hydrogen-bond donors (Lipinski definition) is 3. The van der Waals surface area contributed by atoms with Crippen LogP contribution >= 0.6 is 0 Å². The molecule has 0 aliphatic heterocycles. The zero-order valence-corrected chi connectivity index (χ0v) is 20.2. The Kier molecular flexibility index (Phi) is 5.60. The maximum absolute atomic E-state index is 6.20. The van der Waals surface area contributed by atoms with E-state index in [0.717, 1.165) is 46.2 Å². The van der Waals surface area contributed by atoms with Crippen molar-refractivity contribution in [3.63, 3.8) is 0 Å². The first kappa shape index (κ1) is 22.5. The number of fused-ring (bicyclic) bond motifs is 2. The number of pyridine rings is 2. The quantitative estimate of drug-likeness (QED) is 0.298. The van der Waals surface area contributed by atoms with Gasteiger partial charge in [-0.3, -0.25) is 5.10 Å². The van der Waals surface area contributed by atoms with E-state index in [1.807, 2.05) is 12.1 Å². The highest BCUT2D eigenvalue weighted by Gasteiger charge is 2.24. The summed E-state index contributed by atoms with van der Waals surface area (Å²) in [6, 6.07) is 5.95. The van der Waals surface area contributed by atoms with Gasteiger partial charge in [0.05, 0.1) is 25.8 Å². The number of nitrogens with one attached hydrogen (secondary N) is 2. The number of aromatic nitrogens is 10. The lowest BCUT2D eigenvalue weighted by Crippen LogP contribution is -2.11. The number of H-pyrrole nitrogens is 2. The first-order chi connectivity index (χ1) is 18.2. The Hall–Kier alpha value is -5.00. The molecule has 0 aliphatic rings. The molecule has 37 heavy (non-hydrogen) atoms. The summed E-state index contributed by atoms with van der Waals surface area (Å²) in [6.45, 7) is 2.11. The number of methoxy groups -OCH3 is 1. The molecular weight excluding hydrogens is 470 g/mol. The first-order valence-electron chi connectivity index (χ1n) is 11.8. The van der Waals surface area contributed by atoms with Gasteiger partial charge in [0, 0.05) is 46.0 Å². The zero-order valence-electron chi connectivity index (χ0n) is 20.2. The molecule has 184 valence electrons. The van der Waals surface area contributed by atoms with Crippen molar-refractivity contribution in [3.05, 3.63) is 60.7 Å². The lowest BCUT2D eigenvalue weighted by atomic mass is 9.92. The summed E-state index contributed by atoms with van der Waals surface area (Å²) in [5, 5.41) is 16.1. The predicted octanol–water partition coefficient (Wildman–Crippen LogP) is 3.67. The van der Waals surface area contributed by atoms with Crippen LogP contribution in [-0.2, 0) is 0 Å². The van der Waals surface area contributed by atoms with Gasteiger partial charge in [-0.1, -0.05) is 13.3 Å². The highest BCUT2D eigenvalue weighted by Crippen LogP contribution is 2.37. The average molecular weight is 494 g/mol. The van der Waals surface area contributed by atoms with Crippen LogP contribution in [0.15, 0.2) is 49.3 Å². The molecule has 6 heterocycles. The van der Waals surface area contributed by atoms with Gasteiger partial charge in [-0.15, -0.1) is 0 Å². The van der Waals surface area contributed by atoms with Crippen molar-refractivity contribution in [2.45, 2.75) is 25.7 Å². The minimum Gasteiger partial charge on any atom is -0.481 e. The molecule has 1 unspecified atom stereocenters. The largest absolute Gasteiger partial charge is 0.481 e. The molecule has 6 aromatic rings. The Morgan fingerprint density at radius 1 is 0.973 bits per heavy atom. The van der Waals surface area contributed by atoms with Gasteiger partial charge in [-0.2, -0.15) is 15.3 Å². The molecule has 0 radical (unpaired) electrons. The summed E-state index contributed by atoms with van der Waals surface area (Å²) < 4.78 is 5.66. The first-order valence-corrected chi connectivity index (χ1v) is 11.8.